The molecular weight excluding hydrogens is 771 g/mol. The third-order valence-corrected chi connectivity index (χ3v) is 13.5. The highest BCUT2D eigenvalue weighted by Gasteiger charge is 2.58. The maximum Gasteiger partial charge on any atom is 0.317 e. The van der Waals surface area contributed by atoms with Crippen LogP contribution in [0.2, 0.25) is 10.0 Å². The molecule has 300 valence electrons. The van der Waals surface area contributed by atoms with E-state index in [0.717, 1.165) is 88.0 Å². The number of aryl methyl sites for hydroxylation is 1. The van der Waals surface area contributed by atoms with Crippen LogP contribution in [0.3, 0.4) is 0 Å². The van der Waals surface area contributed by atoms with Gasteiger partial charge in [0.1, 0.15) is 0 Å². The zero-order valence-electron chi connectivity index (χ0n) is 32.0. The van der Waals surface area contributed by atoms with E-state index in [-0.39, 0.29) is 51.0 Å². The van der Waals surface area contributed by atoms with Crippen molar-refractivity contribution in [3.63, 3.8) is 0 Å². The number of carboxylic acid groups (broad SMARTS) is 1. The van der Waals surface area contributed by atoms with Gasteiger partial charge in [0.05, 0.1) is 51.9 Å². The number of anilines is 2. The topological polar surface area (TPSA) is 173 Å². The molecule has 0 spiro atoms. The van der Waals surface area contributed by atoms with Crippen LogP contribution in [0.25, 0.3) is 11.1 Å². The second-order valence-corrected chi connectivity index (χ2v) is 16.8. The van der Waals surface area contributed by atoms with Crippen LogP contribution in [0.4, 0.5) is 11.4 Å². The first-order valence-corrected chi connectivity index (χ1v) is 20.2. The van der Waals surface area contributed by atoms with Gasteiger partial charge in [-0.2, -0.15) is 5.10 Å². The molecule has 4 aliphatic rings. The maximum atomic E-state index is 13.8. The van der Waals surface area contributed by atoms with Gasteiger partial charge in [-0.05, 0) is 81.5 Å². The largest absolute Gasteiger partial charge is 0.480 e. The Hall–Kier alpha value is -4.76. The molecule has 2 fully saturated rings. The molecular formula is C41H46Cl2N8O6. The van der Waals surface area contributed by atoms with Crippen molar-refractivity contribution in [2.45, 2.75) is 76.9 Å². The second kappa shape index (κ2) is 15.5. The summed E-state index contributed by atoms with van der Waals surface area (Å²) in [5.74, 6) is -1.56. The SMILES string of the molecule is COC(=O)C12CCC(CCN3CCc4c(nc(C(=O)Nc5cccc(-c6cccc(NC(=O)c7cc8n(n7)CCCC8NCC(=O)O)c6Cl)c5Cl)n4C)C3)(CC1)C2. The molecule has 2 aliphatic carbocycles. The Labute approximate surface area is 340 Å². The molecule has 2 aromatic carbocycles. The van der Waals surface area contributed by atoms with Crippen molar-refractivity contribution in [1.82, 2.24) is 29.5 Å². The van der Waals surface area contributed by atoms with E-state index in [4.69, 9.17) is 38.0 Å². The van der Waals surface area contributed by atoms with Crippen molar-refractivity contribution < 1.29 is 29.0 Å². The van der Waals surface area contributed by atoms with E-state index in [9.17, 15) is 19.2 Å². The number of carbonyl (C=O) groups excluding carboxylic acids is 3. The number of carbonyl (C=O) groups is 4. The normalized spacial score (nSPS) is 22.5. The Morgan fingerprint density at radius 3 is 2.32 bits per heavy atom. The minimum atomic E-state index is -0.957. The number of ether oxygens (including phenoxy) is 1. The molecule has 0 radical (unpaired) electrons. The van der Waals surface area contributed by atoms with Gasteiger partial charge < -0.3 is 25.0 Å². The summed E-state index contributed by atoms with van der Waals surface area (Å²) < 4.78 is 8.76. The Kier molecular flexibility index (Phi) is 10.7. The van der Waals surface area contributed by atoms with E-state index < -0.39 is 11.9 Å². The molecule has 2 aliphatic heterocycles. The molecule has 16 heteroatoms. The van der Waals surface area contributed by atoms with Gasteiger partial charge in [-0.15, -0.1) is 0 Å². The fourth-order valence-corrected chi connectivity index (χ4v) is 10.1. The van der Waals surface area contributed by atoms with Crippen LogP contribution in [0.1, 0.15) is 95.6 Å². The molecule has 2 saturated carbocycles. The third kappa shape index (κ3) is 7.44. The lowest BCUT2D eigenvalue weighted by Crippen LogP contribution is -2.34. The van der Waals surface area contributed by atoms with E-state index in [2.05, 4.69) is 25.9 Å². The second-order valence-electron chi connectivity index (χ2n) is 16.0. The van der Waals surface area contributed by atoms with Gasteiger partial charge in [-0.3, -0.25) is 34.1 Å². The smallest absolute Gasteiger partial charge is 0.317 e. The maximum absolute atomic E-state index is 13.8. The molecule has 2 bridgehead atoms. The number of hydrogen-bond acceptors (Lipinski definition) is 9. The van der Waals surface area contributed by atoms with Gasteiger partial charge in [0.15, 0.2) is 11.5 Å². The molecule has 4 aromatic rings. The number of hydrogen-bond donors (Lipinski definition) is 4. The average molecular weight is 818 g/mol. The minimum Gasteiger partial charge on any atom is -0.480 e. The molecule has 4 heterocycles. The molecule has 2 amide bonds. The van der Waals surface area contributed by atoms with Crippen molar-refractivity contribution in [2.24, 2.45) is 17.9 Å². The highest BCUT2D eigenvalue weighted by Crippen LogP contribution is 2.63. The number of nitrogens with one attached hydrogen (secondary N) is 3. The number of fused-ring (bicyclic) bond motifs is 4. The first-order valence-electron chi connectivity index (χ1n) is 19.5. The number of carboxylic acids is 1. The van der Waals surface area contributed by atoms with Crippen molar-refractivity contribution in [3.05, 3.63) is 81.1 Å². The fourth-order valence-electron chi connectivity index (χ4n) is 9.58. The number of halogens is 2. The van der Waals surface area contributed by atoms with Crippen LogP contribution in [0, 0.1) is 10.8 Å². The van der Waals surface area contributed by atoms with Crippen LogP contribution in [-0.4, -0.2) is 79.8 Å². The Bertz CT molecular complexity index is 2260. The van der Waals surface area contributed by atoms with Crippen molar-refractivity contribution in [3.8, 4) is 11.1 Å². The first kappa shape index (κ1) is 39.1. The zero-order valence-corrected chi connectivity index (χ0v) is 33.5. The van der Waals surface area contributed by atoms with E-state index in [1.807, 2.05) is 11.6 Å². The number of benzene rings is 2. The lowest BCUT2D eigenvalue weighted by molar-refractivity contribution is -0.152. The molecule has 1 atom stereocenters. The number of methoxy groups -OCH3 is 1. The van der Waals surface area contributed by atoms with E-state index >= 15 is 0 Å². The Balaban J connectivity index is 0.929. The zero-order chi connectivity index (χ0) is 40.1. The highest BCUT2D eigenvalue weighted by molar-refractivity contribution is 6.40. The summed E-state index contributed by atoms with van der Waals surface area (Å²) >= 11 is 13.9. The standard InChI is InChI=1S/C41H46Cl2N8O6/c1-49-31-11-18-50(19-16-40-12-14-41(23-40,15-13-40)39(56)57-2)22-30(31)45-36(49)38(55)47-28-9-4-7-25(35(28)43)24-6-3-8-27(34(24)42)46-37(54)29-20-32-26(44-21-33(52)53)10-5-17-51(32)48-29/h3-4,6-9,20,26,44H,5,10-19,21-23H2,1-2H3,(H,46,54)(H,47,55)(H,52,53). The van der Waals surface area contributed by atoms with Crippen molar-refractivity contribution in [2.75, 3.05) is 37.4 Å². The molecule has 2 aromatic heterocycles. The van der Waals surface area contributed by atoms with Gasteiger partial charge in [0, 0.05) is 56.0 Å². The Morgan fingerprint density at radius 2 is 1.65 bits per heavy atom. The number of aromatic nitrogens is 4. The van der Waals surface area contributed by atoms with Crippen LogP contribution >= 0.6 is 23.2 Å². The van der Waals surface area contributed by atoms with E-state index in [0.29, 0.717) is 41.4 Å². The molecule has 4 N–H and O–H groups in total. The summed E-state index contributed by atoms with van der Waals surface area (Å²) in [6.07, 6.45) is 8.25. The minimum absolute atomic E-state index is 0.0497. The van der Waals surface area contributed by atoms with E-state index in [1.54, 1.807) is 47.1 Å². The first-order chi connectivity index (χ1) is 27.4. The lowest BCUT2D eigenvalue weighted by atomic mass is 9.80. The monoisotopic (exact) mass is 816 g/mol. The van der Waals surface area contributed by atoms with Gasteiger partial charge >= 0.3 is 11.9 Å². The summed E-state index contributed by atoms with van der Waals surface area (Å²) in [5, 5.41) is 23.0. The number of amides is 2. The summed E-state index contributed by atoms with van der Waals surface area (Å²) in [4.78, 5) is 58.0. The van der Waals surface area contributed by atoms with E-state index in [1.165, 1.54) is 7.11 Å². The number of nitrogens with zero attached hydrogens (tertiary/aromatic N) is 5. The number of rotatable bonds is 12. The highest BCUT2D eigenvalue weighted by atomic mass is 35.5. The predicted octanol–water partition coefficient (Wildman–Crippen LogP) is 6.48. The molecule has 14 nitrogen and oxygen atoms in total. The number of esters is 1. The fraction of sp³-hybridized carbons (Fsp3) is 0.463. The van der Waals surface area contributed by atoms with Gasteiger partial charge in [-0.25, -0.2) is 4.98 Å². The van der Waals surface area contributed by atoms with Crippen molar-refractivity contribution >= 4 is 58.3 Å². The van der Waals surface area contributed by atoms with Crippen molar-refractivity contribution in [1.29, 1.82) is 0 Å². The summed E-state index contributed by atoms with van der Waals surface area (Å²) in [5.41, 5.74) is 4.63. The van der Waals surface area contributed by atoms with Gasteiger partial charge in [-0.1, -0.05) is 47.5 Å². The van der Waals surface area contributed by atoms with Crippen LogP contribution in [0.5, 0.6) is 0 Å². The Morgan fingerprint density at radius 1 is 0.965 bits per heavy atom. The average Bonchev–Trinajstić information content (AvgIpc) is 3.99. The summed E-state index contributed by atoms with van der Waals surface area (Å²) in [6.45, 7) is 2.88. The van der Waals surface area contributed by atoms with Crippen LogP contribution < -0.4 is 16.0 Å². The molecule has 1 unspecified atom stereocenters. The van der Waals surface area contributed by atoms with Crippen LogP contribution in [-0.2, 0) is 40.9 Å². The van der Waals surface area contributed by atoms with Crippen LogP contribution in [0.15, 0.2) is 42.5 Å². The lowest BCUT2D eigenvalue weighted by Gasteiger charge is -2.32. The molecule has 0 saturated heterocycles. The number of aliphatic carboxylic acids is 1. The third-order valence-electron chi connectivity index (χ3n) is 12.6. The number of imidazole rings is 1. The van der Waals surface area contributed by atoms with Gasteiger partial charge in [0.25, 0.3) is 11.8 Å². The summed E-state index contributed by atoms with van der Waals surface area (Å²) in [6, 6.07) is 11.9. The quantitative estimate of drug-likeness (QED) is 0.116. The predicted molar refractivity (Wildman–Crippen MR) is 214 cm³/mol. The summed E-state index contributed by atoms with van der Waals surface area (Å²) in [7, 11) is 3.36. The molecule has 57 heavy (non-hydrogen) atoms. The van der Waals surface area contributed by atoms with Gasteiger partial charge in [0.2, 0.25) is 0 Å². The molecule has 8 rings (SSSR count).